The second kappa shape index (κ2) is 4.30. The SMILES string of the molecule is CC1=C2C(=O)C=C(CO)[C@@H]2[C@H]2OC(=O)[C@H](C)[C@@H]2CC1. The van der Waals surface area contributed by atoms with E-state index < -0.39 is 0 Å². The number of ether oxygens (including phenoxy) is 1. The molecule has 3 aliphatic rings. The monoisotopic (exact) mass is 262 g/mol. The van der Waals surface area contributed by atoms with Gasteiger partial charge in [0, 0.05) is 17.4 Å². The fourth-order valence-corrected chi connectivity index (χ4v) is 3.71. The zero-order valence-electron chi connectivity index (χ0n) is 11.2. The van der Waals surface area contributed by atoms with Crippen molar-refractivity contribution in [1.82, 2.24) is 0 Å². The van der Waals surface area contributed by atoms with Crippen LogP contribution in [0.2, 0.25) is 0 Å². The molecule has 1 fully saturated rings. The van der Waals surface area contributed by atoms with Crippen molar-refractivity contribution in [3.05, 3.63) is 22.8 Å². The molecule has 3 rings (SSSR count). The van der Waals surface area contributed by atoms with Gasteiger partial charge in [-0.3, -0.25) is 9.59 Å². The summed E-state index contributed by atoms with van der Waals surface area (Å²) in [5.41, 5.74) is 2.52. The molecule has 0 aromatic heterocycles. The highest BCUT2D eigenvalue weighted by atomic mass is 16.6. The van der Waals surface area contributed by atoms with Crippen LogP contribution >= 0.6 is 0 Å². The first-order valence-electron chi connectivity index (χ1n) is 6.80. The number of aliphatic hydroxyl groups is 1. The van der Waals surface area contributed by atoms with Gasteiger partial charge in [-0.05, 0) is 31.4 Å². The number of rotatable bonds is 1. The third-order valence-corrected chi connectivity index (χ3v) is 4.80. The standard InChI is InChI=1S/C15H18O4/c1-7-3-4-10-8(2)15(18)19-14(10)13-9(6-16)5-11(17)12(7)13/h5,8,10,13-14,16H,3-4,6H2,1-2H3/t8-,10+,13+,14+/m1/s1. The number of ketones is 1. The van der Waals surface area contributed by atoms with Crippen LogP contribution in [0.4, 0.5) is 0 Å². The Bertz CT molecular complexity index is 514. The first-order chi connectivity index (χ1) is 9.04. The molecule has 0 unspecified atom stereocenters. The molecule has 4 heteroatoms. The molecule has 1 aliphatic heterocycles. The van der Waals surface area contributed by atoms with Crippen molar-refractivity contribution in [1.29, 1.82) is 0 Å². The molecule has 1 N–H and O–H groups in total. The van der Waals surface area contributed by atoms with Gasteiger partial charge < -0.3 is 9.84 Å². The van der Waals surface area contributed by atoms with Crippen LogP contribution in [0.1, 0.15) is 26.7 Å². The van der Waals surface area contributed by atoms with Crippen molar-refractivity contribution in [2.24, 2.45) is 17.8 Å². The smallest absolute Gasteiger partial charge is 0.309 e. The molecule has 0 aromatic rings. The fourth-order valence-electron chi connectivity index (χ4n) is 3.71. The van der Waals surface area contributed by atoms with Crippen molar-refractivity contribution in [2.75, 3.05) is 6.61 Å². The normalized spacial score (nSPS) is 37.7. The van der Waals surface area contributed by atoms with Gasteiger partial charge in [-0.2, -0.15) is 0 Å². The van der Waals surface area contributed by atoms with E-state index in [-0.39, 0.29) is 42.2 Å². The van der Waals surface area contributed by atoms with E-state index in [1.54, 1.807) is 0 Å². The Hall–Kier alpha value is -1.42. The minimum Gasteiger partial charge on any atom is -0.461 e. The lowest BCUT2D eigenvalue weighted by molar-refractivity contribution is -0.145. The topological polar surface area (TPSA) is 63.6 Å². The highest BCUT2D eigenvalue weighted by Crippen LogP contribution is 2.47. The number of hydrogen-bond donors (Lipinski definition) is 1. The van der Waals surface area contributed by atoms with Crippen LogP contribution in [0.15, 0.2) is 22.8 Å². The third kappa shape index (κ3) is 1.70. The second-order valence-electron chi connectivity index (χ2n) is 5.81. The van der Waals surface area contributed by atoms with E-state index in [9.17, 15) is 14.7 Å². The van der Waals surface area contributed by atoms with E-state index in [0.717, 1.165) is 24.0 Å². The molecule has 0 radical (unpaired) electrons. The van der Waals surface area contributed by atoms with Crippen LogP contribution in [0, 0.1) is 17.8 Å². The lowest BCUT2D eigenvalue weighted by Gasteiger charge is -2.25. The number of carbonyl (C=O) groups is 2. The number of hydrogen-bond acceptors (Lipinski definition) is 4. The van der Waals surface area contributed by atoms with Gasteiger partial charge in [0.25, 0.3) is 0 Å². The van der Waals surface area contributed by atoms with Crippen LogP contribution in [-0.4, -0.2) is 29.6 Å². The maximum absolute atomic E-state index is 12.1. The minimum absolute atomic E-state index is 0.0252. The quantitative estimate of drug-likeness (QED) is 0.725. The van der Waals surface area contributed by atoms with Gasteiger partial charge in [0.05, 0.1) is 12.5 Å². The summed E-state index contributed by atoms with van der Waals surface area (Å²) >= 11 is 0. The highest BCUT2D eigenvalue weighted by molar-refractivity contribution is 6.09. The summed E-state index contributed by atoms with van der Waals surface area (Å²) in [5, 5.41) is 9.47. The van der Waals surface area contributed by atoms with Crippen LogP contribution in [0.3, 0.4) is 0 Å². The molecule has 102 valence electrons. The Morgan fingerprint density at radius 1 is 1.42 bits per heavy atom. The van der Waals surface area contributed by atoms with Crippen molar-refractivity contribution in [3.8, 4) is 0 Å². The molecule has 19 heavy (non-hydrogen) atoms. The van der Waals surface area contributed by atoms with Crippen LogP contribution < -0.4 is 0 Å². The van der Waals surface area contributed by atoms with Crippen molar-refractivity contribution in [2.45, 2.75) is 32.8 Å². The molecular weight excluding hydrogens is 244 g/mol. The zero-order valence-corrected chi connectivity index (χ0v) is 11.2. The summed E-state index contributed by atoms with van der Waals surface area (Å²) in [6.07, 6.45) is 2.93. The van der Waals surface area contributed by atoms with Gasteiger partial charge in [-0.1, -0.05) is 12.5 Å². The Morgan fingerprint density at radius 2 is 2.16 bits per heavy atom. The molecule has 0 bridgehead atoms. The number of carbonyl (C=O) groups excluding carboxylic acids is 2. The Morgan fingerprint density at radius 3 is 2.84 bits per heavy atom. The summed E-state index contributed by atoms with van der Waals surface area (Å²) in [6, 6.07) is 0. The highest BCUT2D eigenvalue weighted by Gasteiger charge is 2.51. The molecular formula is C15H18O4. The molecule has 2 aliphatic carbocycles. The van der Waals surface area contributed by atoms with Crippen molar-refractivity contribution >= 4 is 11.8 Å². The van der Waals surface area contributed by atoms with Gasteiger partial charge in [-0.25, -0.2) is 0 Å². The molecule has 0 spiro atoms. The summed E-state index contributed by atoms with van der Waals surface area (Å²) in [5.74, 6) is -0.397. The number of allylic oxidation sites excluding steroid dienone is 2. The number of fused-ring (bicyclic) bond motifs is 3. The maximum Gasteiger partial charge on any atom is 0.309 e. The van der Waals surface area contributed by atoms with E-state index >= 15 is 0 Å². The lowest BCUT2D eigenvalue weighted by atomic mass is 9.81. The largest absolute Gasteiger partial charge is 0.461 e. The molecule has 0 saturated carbocycles. The predicted octanol–water partition coefficient (Wildman–Crippen LogP) is 1.39. The Balaban J connectivity index is 2.07. The maximum atomic E-state index is 12.1. The molecule has 1 saturated heterocycles. The molecule has 1 heterocycles. The number of esters is 1. The van der Waals surface area contributed by atoms with Gasteiger partial charge in [0.15, 0.2) is 5.78 Å². The average molecular weight is 262 g/mol. The van der Waals surface area contributed by atoms with Crippen LogP contribution in [-0.2, 0) is 14.3 Å². The predicted molar refractivity (Wildman–Crippen MR) is 68.1 cm³/mol. The first kappa shape index (κ1) is 12.6. The van der Waals surface area contributed by atoms with Gasteiger partial charge in [0.1, 0.15) is 6.10 Å². The van der Waals surface area contributed by atoms with Gasteiger partial charge in [-0.15, -0.1) is 0 Å². The van der Waals surface area contributed by atoms with Crippen molar-refractivity contribution in [3.63, 3.8) is 0 Å². The summed E-state index contributed by atoms with van der Waals surface area (Å²) in [6.45, 7) is 3.72. The van der Waals surface area contributed by atoms with Crippen molar-refractivity contribution < 1.29 is 19.4 Å². The first-order valence-corrected chi connectivity index (χ1v) is 6.80. The van der Waals surface area contributed by atoms with Gasteiger partial charge >= 0.3 is 5.97 Å². The van der Waals surface area contributed by atoms with E-state index in [0.29, 0.717) is 5.57 Å². The van der Waals surface area contributed by atoms with E-state index in [2.05, 4.69) is 0 Å². The zero-order chi connectivity index (χ0) is 13.7. The molecule has 4 atom stereocenters. The summed E-state index contributed by atoms with van der Waals surface area (Å²) < 4.78 is 5.52. The minimum atomic E-state index is -0.278. The van der Waals surface area contributed by atoms with E-state index in [1.807, 2.05) is 13.8 Å². The van der Waals surface area contributed by atoms with Crippen LogP contribution in [0.25, 0.3) is 0 Å². The average Bonchev–Trinajstić information content (AvgIpc) is 2.80. The summed E-state index contributed by atoms with van der Waals surface area (Å²) in [7, 11) is 0. The summed E-state index contributed by atoms with van der Waals surface area (Å²) in [4.78, 5) is 23.9. The number of aliphatic hydroxyl groups excluding tert-OH is 1. The molecule has 4 nitrogen and oxygen atoms in total. The Kier molecular flexibility index (Phi) is 2.86. The third-order valence-electron chi connectivity index (χ3n) is 4.80. The van der Waals surface area contributed by atoms with Gasteiger partial charge in [0.2, 0.25) is 0 Å². The fraction of sp³-hybridized carbons (Fsp3) is 0.600. The van der Waals surface area contributed by atoms with Crippen LogP contribution in [0.5, 0.6) is 0 Å². The lowest BCUT2D eigenvalue weighted by Crippen LogP contribution is -2.29. The molecule has 0 amide bonds. The Labute approximate surface area is 112 Å². The van der Waals surface area contributed by atoms with E-state index in [4.69, 9.17) is 4.74 Å². The molecule has 0 aromatic carbocycles. The van der Waals surface area contributed by atoms with E-state index in [1.165, 1.54) is 6.08 Å². The second-order valence-corrected chi connectivity index (χ2v) is 5.81.